The van der Waals surface area contributed by atoms with Gasteiger partial charge in [0.15, 0.2) is 0 Å². The topological polar surface area (TPSA) is 22.9 Å². The van der Waals surface area contributed by atoms with Crippen molar-refractivity contribution in [3.63, 3.8) is 0 Å². The van der Waals surface area contributed by atoms with Crippen LogP contribution in [0.2, 0.25) is 0 Å². The van der Waals surface area contributed by atoms with Gasteiger partial charge in [0.25, 0.3) is 6.71 Å². The molecule has 8 aromatic carbocycles. The Bertz CT molecular complexity index is 4160. The van der Waals surface area contributed by atoms with E-state index in [1.54, 1.807) is 0 Å². The smallest absolute Gasteiger partial charge is 0.252 e. The number of nitrogens with zero attached hydrogens (tertiary/aromatic N) is 3. The molecule has 0 amide bonds. The highest BCUT2D eigenvalue weighted by Crippen LogP contribution is 2.62. The van der Waals surface area contributed by atoms with E-state index in [0.29, 0.717) is 0 Å². The monoisotopic (exact) mass is 1050 g/mol. The van der Waals surface area contributed by atoms with Gasteiger partial charge in [0.2, 0.25) is 0 Å². The van der Waals surface area contributed by atoms with Crippen LogP contribution in [-0.2, 0) is 32.5 Å². The quantitative estimate of drug-likeness (QED) is 0.165. The Morgan fingerprint density at radius 3 is 1.75 bits per heavy atom. The molecule has 0 bridgehead atoms. The number of fused-ring (bicyclic) bond motifs is 13. The van der Waals surface area contributed by atoms with Gasteiger partial charge in [0.1, 0.15) is 11.2 Å². The zero-order valence-electron chi connectivity index (χ0n) is 49.9. The highest BCUT2D eigenvalue weighted by molar-refractivity contribution is 7.00. The van der Waals surface area contributed by atoms with Crippen molar-refractivity contribution in [2.24, 2.45) is 0 Å². The van der Waals surface area contributed by atoms with Crippen molar-refractivity contribution in [2.75, 3.05) is 14.7 Å². The van der Waals surface area contributed by atoms with Gasteiger partial charge in [-0.1, -0.05) is 169 Å². The second kappa shape index (κ2) is 16.1. The molecular formula is C75H78BN3O. The van der Waals surface area contributed by atoms with Crippen molar-refractivity contribution in [3.8, 4) is 0 Å². The molecule has 6 aliphatic rings. The van der Waals surface area contributed by atoms with Crippen LogP contribution in [0.4, 0.5) is 45.5 Å². The lowest BCUT2D eigenvalue weighted by Crippen LogP contribution is -2.62. The van der Waals surface area contributed by atoms with Gasteiger partial charge in [-0.3, -0.25) is 0 Å². The normalized spacial score (nSPS) is 22.2. The molecule has 1 fully saturated rings. The van der Waals surface area contributed by atoms with Gasteiger partial charge in [0.05, 0.1) is 5.54 Å². The second-order valence-corrected chi connectivity index (χ2v) is 29.2. The van der Waals surface area contributed by atoms with Gasteiger partial charge >= 0.3 is 0 Å². The third-order valence-electron chi connectivity index (χ3n) is 21.9. The maximum absolute atomic E-state index is 6.57. The van der Waals surface area contributed by atoms with Crippen molar-refractivity contribution < 1.29 is 4.42 Å². The molecule has 0 saturated heterocycles. The van der Waals surface area contributed by atoms with Crippen molar-refractivity contribution in [1.82, 2.24) is 0 Å². The maximum Gasteiger partial charge on any atom is 0.252 e. The zero-order valence-corrected chi connectivity index (χ0v) is 49.9. The lowest BCUT2D eigenvalue weighted by molar-refractivity contribution is 0.195. The molecule has 5 heteroatoms. The standard InChI is InChI=1S/C75H78BN3O/c1-45-37-64-68-65(38-45)78(48-26-29-52-55(41-48)71(7,8)36-35-70(52,5)6)63-44-57-56(72(9,10)53-22-16-17-23-54(53)73(57,11)12)43-60(63)76(68)59-30-27-49(42-62(59)77(64)47-28-32-67-51(40-47)50-21-15-18-24-66(50)80-67)79-61-31-25-46(69(2,3)4)39-58(61)74(13)33-19-20-34-75(74,79)14/h15-18,21-32,37-44H,19-20,33-36H2,1-14H3. The van der Waals surface area contributed by atoms with Crippen LogP contribution in [0.1, 0.15) is 179 Å². The summed E-state index contributed by atoms with van der Waals surface area (Å²) in [6.07, 6.45) is 7.15. The first-order valence-electron chi connectivity index (χ1n) is 30.1. The molecule has 4 heterocycles. The van der Waals surface area contributed by atoms with Crippen molar-refractivity contribution in [2.45, 2.75) is 173 Å². The van der Waals surface area contributed by atoms with Gasteiger partial charge in [-0.05, 0) is 195 Å². The molecule has 0 spiro atoms. The molecule has 0 radical (unpaired) electrons. The van der Waals surface area contributed by atoms with E-state index in [0.717, 1.165) is 40.5 Å². The number of anilines is 8. The van der Waals surface area contributed by atoms with Crippen LogP contribution in [0.3, 0.4) is 0 Å². The highest BCUT2D eigenvalue weighted by Gasteiger charge is 2.58. The number of furan rings is 1. The Balaban J connectivity index is 1.04. The van der Waals surface area contributed by atoms with Crippen LogP contribution >= 0.6 is 0 Å². The average Bonchev–Trinajstić information content (AvgIpc) is 4.09. The fourth-order valence-electron chi connectivity index (χ4n) is 16.9. The van der Waals surface area contributed by atoms with Gasteiger partial charge in [-0.15, -0.1) is 0 Å². The SMILES string of the molecule is Cc1cc2c3c(c1)N(c1ccc4c(c1)C(C)(C)CCC4(C)C)c1cc4c(cc1B3c1ccc(N3c5ccc(C(C)(C)C)cc5C5(C)CCCCC35C)cc1N2c1ccc2oc3ccccc3c2c1)C(C)(C)c1ccccc1C4(C)C. The number of benzene rings is 8. The number of para-hydroxylation sites is 1. The summed E-state index contributed by atoms with van der Waals surface area (Å²) in [4.78, 5) is 8.14. The number of aryl methyl sites for hydroxylation is 1. The average molecular weight is 1050 g/mol. The van der Waals surface area contributed by atoms with Crippen molar-refractivity contribution in [3.05, 3.63) is 196 Å². The van der Waals surface area contributed by atoms with E-state index in [1.807, 2.05) is 0 Å². The first kappa shape index (κ1) is 50.0. The predicted molar refractivity (Wildman–Crippen MR) is 340 cm³/mol. The van der Waals surface area contributed by atoms with Crippen LogP contribution in [-0.4, -0.2) is 12.3 Å². The molecule has 15 rings (SSSR count). The molecule has 9 aromatic rings. The minimum atomic E-state index is -0.229. The summed E-state index contributed by atoms with van der Waals surface area (Å²) < 4.78 is 6.57. The second-order valence-electron chi connectivity index (χ2n) is 29.2. The zero-order chi connectivity index (χ0) is 55.6. The first-order valence-corrected chi connectivity index (χ1v) is 30.1. The summed E-state index contributed by atoms with van der Waals surface area (Å²) in [6, 6.07) is 57.8. The van der Waals surface area contributed by atoms with Gasteiger partial charge < -0.3 is 19.1 Å². The van der Waals surface area contributed by atoms with E-state index >= 15 is 0 Å². The minimum Gasteiger partial charge on any atom is -0.456 e. The Morgan fingerprint density at radius 2 is 1.04 bits per heavy atom. The molecule has 4 nitrogen and oxygen atoms in total. The molecule has 0 N–H and O–H groups in total. The lowest BCUT2D eigenvalue weighted by Gasteiger charge is -2.51. The molecular weight excluding hydrogens is 970 g/mol. The van der Waals surface area contributed by atoms with Gasteiger partial charge in [-0.25, -0.2) is 0 Å². The van der Waals surface area contributed by atoms with E-state index in [-0.39, 0.29) is 44.7 Å². The fourth-order valence-corrected chi connectivity index (χ4v) is 16.9. The Morgan fingerprint density at radius 1 is 0.438 bits per heavy atom. The van der Waals surface area contributed by atoms with Crippen LogP contribution < -0.4 is 31.1 Å². The highest BCUT2D eigenvalue weighted by atomic mass is 16.3. The van der Waals surface area contributed by atoms with E-state index < -0.39 is 0 Å². The third kappa shape index (κ3) is 6.58. The van der Waals surface area contributed by atoms with Crippen molar-refractivity contribution in [1.29, 1.82) is 0 Å². The molecule has 402 valence electrons. The molecule has 2 unspecified atom stereocenters. The largest absolute Gasteiger partial charge is 0.456 e. The number of rotatable bonds is 3. The molecule has 1 aromatic heterocycles. The molecule has 1 saturated carbocycles. The first-order chi connectivity index (χ1) is 37.9. The van der Waals surface area contributed by atoms with E-state index in [9.17, 15) is 0 Å². The summed E-state index contributed by atoms with van der Waals surface area (Å²) in [7, 11) is 0. The Hall–Kier alpha value is -6.98. The molecule has 3 aliphatic heterocycles. The van der Waals surface area contributed by atoms with Gasteiger partial charge in [0, 0.05) is 72.5 Å². The number of hydrogen-bond donors (Lipinski definition) is 0. The fraction of sp³-hybridized carbons (Fsp3) is 0.360. The van der Waals surface area contributed by atoms with E-state index in [1.165, 1.54) is 132 Å². The summed E-state index contributed by atoms with van der Waals surface area (Å²) >= 11 is 0. The molecule has 80 heavy (non-hydrogen) atoms. The van der Waals surface area contributed by atoms with Crippen molar-refractivity contribution >= 4 is 90.5 Å². The van der Waals surface area contributed by atoms with E-state index in [2.05, 4.69) is 257 Å². The van der Waals surface area contributed by atoms with Gasteiger partial charge in [-0.2, -0.15) is 0 Å². The van der Waals surface area contributed by atoms with Crippen LogP contribution in [0.15, 0.2) is 150 Å². The van der Waals surface area contributed by atoms with Crippen LogP contribution in [0.5, 0.6) is 0 Å². The minimum absolute atomic E-state index is 0.00483. The lowest BCUT2D eigenvalue weighted by atomic mass is 9.33. The summed E-state index contributed by atoms with van der Waals surface area (Å²) in [5.74, 6) is 0. The molecule has 2 atom stereocenters. The summed E-state index contributed by atoms with van der Waals surface area (Å²) in [5, 5.41) is 2.28. The third-order valence-corrected chi connectivity index (χ3v) is 21.9. The predicted octanol–water partition coefficient (Wildman–Crippen LogP) is 18.3. The van der Waals surface area contributed by atoms with E-state index in [4.69, 9.17) is 4.42 Å². The van der Waals surface area contributed by atoms with Crippen LogP contribution in [0.25, 0.3) is 21.9 Å². The molecule has 3 aliphatic carbocycles. The van der Waals surface area contributed by atoms with Crippen LogP contribution in [0, 0.1) is 6.92 Å². The summed E-state index contributed by atoms with van der Waals surface area (Å²) in [5.41, 5.74) is 28.4. The summed E-state index contributed by atoms with van der Waals surface area (Å²) in [6.45, 7) is 34.3. The maximum atomic E-state index is 6.57. The number of hydrogen-bond acceptors (Lipinski definition) is 4. The Kier molecular flexibility index (Phi) is 10.1. The Labute approximate surface area is 476 Å².